The maximum atomic E-state index is 12.3. The van der Waals surface area contributed by atoms with Crippen molar-refractivity contribution in [3.05, 3.63) is 34.9 Å². The largest absolute Gasteiger partial charge is 0.469 e. The van der Waals surface area contributed by atoms with Crippen LogP contribution in [0.2, 0.25) is 5.02 Å². The highest BCUT2D eigenvalue weighted by Gasteiger charge is 2.22. The molecule has 132 valence electrons. The molecule has 1 rings (SSSR count). The Balaban J connectivity index is 2.66. The summed E-state index contributed by atoms with van der Waals surface area (Å²) in [6.07, 6.45) is 0.575. The van der Waals surface area contributed by atoms with E-state index in [-0.39, 0.29) is 30.7 Å². The summed E-state index contributed by atoms with van der Waals surface area (Å²) < 4.78 is 4.52. The highest BCUT2D eigenvalue weighted by atomic mass is 35.5. The minimum Gasteiger partial charge on any atom is -0.469 e. The normalized spacial score (nSPS) is 11.7. The molecule has 0 aliphatic carbocycles. The Morgan fingerprint density at radius 2 is 1.79 bits per heavy atom. The van der Waals surface area contributed by atoms with Crippen molar-refractivity contribution in [1.29, 1.82) is 0 Å². The van der Waals surface area contributed by atoms with Crippen LogP contribution in [0.15, 0.2) is 24.3 Å². The molecule has 0 unspecified atom stereocenters. The van der Waals surface area contributed by atoms with Gasteiger partial charge >= 0.3 is 5.97 Å². The number of halogens is 1. The summed E-state index contributed by atoms with van der Waals surface area (Å²) >= 11 is 5.80. The lowest BCUT2D eigenvalue weighted by atomic mass is 10.0. The van der Waals surface area contributed by atoms with E-state index < -0.39 is 12.0 Å². The van der Waals surface area contributed by atoms with Crippen molar-refractivity contribution in [1.82, 2.24) is 10.6 Å². The highest BCUT2D eigenvalue weighted by molar-refractivity contribution is 6.30. The number of carbonyl (C=O) groups excluding carboxylic acids is 3. The number of esters is 1. The zero-order chi connectivity index (χ0) is 18.1. The summed E-state index contributed by atoms with van der Waals surface area (Å²) in [5, 5.41) is 5.90. The number of hydrogen-bond acceptors (Lipinski definition) is 4. The van der Waals surface area contributed by atoms with E-state index in [1.54, 1.807) is 24.3 Å². The Morgan fingerprint density at radius 3 is 2.33 bits per heavy atom. The fourth-order valence-corrected chi connectivity index (χ4v) is 2.18. The third-order valence-corrected chi connectivity index (χ3v) is 3.54. The topological polar surface area (TPSA) is 84.5 Å². The molecule has 0 heterocycles. The molecule has 0 aliphatic rings. The van der Waals surface area contributed by atoms with E-state index >= 15 is 0 Å². The zero-order valence-electron chi connectivity index (χ0n) is 14.1. The van der Waals surface area contributed by atoms with E-state index in [2.05, 4.69) is 15.4 Å². The van der Waals surface area contributed by atoms with Crippen molar-refractivity contribution in [2.24, 2.45) is 5.92 Å². The van der Waals surface area contributed by atoms with E-state index in [1.165, 1.54) is 7.11 Å². The van der Waals surface area contributed by atoms with Crippen LogP contribution in [0, 0.1) is 5.92 Å². The second-order valence-electron chi connectivity index (χ2n) is 5.78. The van der Waals surface area contributed by atoms with Gasteiger partial charge in [-0.05, 0) is 36.6 Å². The van der Waals surface area contributed by atoms with E-state index in [0.717, 1.165) is 0 Å². The van der Waals surface area contributed by atoms with Crippen LogP contribution in [0.4, 0.5) is 0 Å². The van der Waals surface area contributed by atoms with Gasteiger partial charge in [0.25, 0.3) is 5.91 Å². The van der Waals surface area contributed by atoms with Crippen LogP contribution in [-0.4, -0.2) is 37.5 Å². The molecule has 7 heteroatoms. The number of ether oxygens (including phenoxy) is 1. The average Bonchev–Trinajstić information content (AvgIpc) is 2.53. The smallest absolute Gasteiger partial charge is 0.307 e. The van der Waals surface area contributed by atoms with Gasteiger partial charge in [0.2, 0.25) is 5.91 Å². The predicted molar refractivity (Wildman–Crippen MR) is 91.8 cm³/mol. The van der Waals surface area contributed by atoms with E-state index in [1.807, 2.05) is 13.8 Å². The molecule has 24 heavy (non-hydrogen) atoms. The number of carbonyl (C=O) groups is 3. The molecule has 0 saturated heterocycles. The minimum absolute atomic E-state index is 0.0851. The van der Waals surface area contributed by atoms with Crippen molar-refractivity contribution in [2.45, 2.75) is 32.7 Å². The summed E-state index contributed by atoms with van der Waals surface area (Å²) in [6, 6.07) is 5.75. The van der Waals surface area contributed by atoms with Gasteiger partial charge in [-0.15, -0.1) is 0 Å². The Morgan fingerprint density at radius 1 is 1.17 bits per heavy atom. The number of hydrogen-bond donors (Lipinski definition) is 2. The first-order valence-electron chi connectivity index (χ1n) is 7.74. The summed E-state index contributed by atoms with van der Waals surface area (Å²) in [4.78, 5) is 35.6. The molecular formula is C17H23ClN2O4. The molecule has 0 radical (unpaired) electrons. The summed E-state index contributed by atoms with van der Waals surface area (Å²) in [6.45, 7) is 4.09. The van der Waals surface area contributed by atoms with Crippen molar-refractivity contribution >= 4 is 29.4 Å². The molecular weight excluding hydrogens is 332 g/mol. The number of methoxy groups -OCH3 is 1. The van der Waals surface area contributed by atoms with Crippen LogP contribution in [0.5, 0.6) is 0 Å². The van der Waals surface area contributed by atoms with Gasteiger partial charge in [-0.1, -0.05) is 25.4 Å². The first-order chi connectivity index (χ1) is 11.3. The SMILES string of the molecule is COC(=O)CCNC(=O)[C@H](CC(C)C)NC(=O)c1ccc(Cl)cc1. The molecule has 0 fully saturated rings. The van der Waals surface area contributed by atoms with Gasteiger partial charge in [0.05, 0.1) is 13.5 Å². The maximum absolute atomic E-state index is 12.3. The second kappa shape index (κ2) is 9.93. The fourth-order valence-electron chi connectivity index (χ4n) is 2.06. The van der Waals surface area contributed by atoms with Crippen molar-refractivity contribution in [2.75, 3.05) is 13.7 Å². The zero-order valence-corrected chi connectivity index (χ0v) is 14.9. The lowest BCUT2D eigenvalue weighted by Gasteiger charge is -2.20. The standard InChI is InChI=1S/C17H23ClN2O4/c1-11(2)10-14(17(23)19-9-8-15(21)24-3)20-16(22)12-4-6-13(18)7-5-12/h4-7,11,14H,8-10H2,1-3H3,(H,19,23)(H,20,22)/t14-/m0/s1. The van der Waals surface area contributed by atoms with Gasteiger partial charge in [-0.2, -0.15) is 0 Å². The van der Waals surface area contributed by atoms with E-state index in [0.29, 0.717) is 17.0 Å². The molecule has 0 bridgehead atoms. The van der Waals surface area contributed by atoms with E-state index in [9.17, 15) is 14.4 Å². The molecule has 1 aromatic carbocycles. The molecule has 0 spiro atoms. The third-order valence-electron chi connectivity index (χ3n) is 3.29. The number of benzene rings is 1. The molecule has 0 saturated carbocycles. The average molecular weight is 355 g/mol. The highest BCUT2D eigenvalue weighted by Crippen LogP contribution is 2.11. The summed E-state index contributed by atoms with van der Waals surface area (Å²) in [7, 11) is 1.29. The van der Waals surface area contributed by atoms with Crippen molar-refractivity contribution in [3.8, 4) is 0 Å². The van der Waals surface area contributed by atoms with Gasteiger partial charge in [0.1, 0.15) is 6.04 Å². The molecule has 6 nitrogen and oxygen atoms in total. The van der Waals surface area contributed by atoms with E-state index in [4.69, 9.17) is 11.6 Å². The van der Waals surface area contributed by atoms with Crippen LogP contribution in [0.3, 0.4) is 0 Å². The minimum atomic E-state index is -0.675. The third kappa shape index (κ3) is 7.00. The van der Waals surface area contributed by atoms with Crippen LogP contribution < -0.4 is 10.6 Å². The molecule has 1 aromatic rings. The lowest BCUT2D eigenvalue weighted by Crippen LogP contribution is -2.47. The Hall–Kier alpha value is -2.08. The lowest BCUT2D eigenvalue weighted by molar-refractivity contribution is -0.140. The Labute approximate surface area is 146 Å². The molecule has 2 N–H and O–H groups in total. The Kier molecular flexibility index (Phi) is 8.26. The number of amides is 2. The number of nitrogens with one attached hydrogen (secondary N) is 2. The monoisotopic (exact) mass is 354 g/mol. The van der Waals surface area contributed by atoms with Crippen molar-refractivity contribution in [3.63, 3.8) is 0 Å². The quantitative estimate of drug-likeness (QED) is 0.701. The molecule has 0 aliphatic heterocycles. The molecule has 2 amide bonds. The molecule has 1 atom stereocenters. The second-order valence-corrected chi connectivity index (χ2v) is 6.22. The first-order valence-corrected chi connectivity index (χ1v) is 8.12. The predicted octanol–water partition coefficient (Wildman–Crippen LogP) is 2.16. The van der Waals surface area contributed by atoms with Crippen molar-refractivity contribution < 1.29 is 19.1 Å². The maximum Gasteiger partial charge on any atom is 0.307 e. The van der Waals surface area contributed by atoms with Crippen LogP contribution in [0.1, 0.15) is 37.0 Å². The van der Waals surface area contributed by atoms with Gasteiger partial charge in [-0.25, -0.2) is 0 Å². The van der Waals surface area contributed by atoms with Gasteiger partial charge < -0.3 is 15.4 Å². The number of rotatable bonds is 8. The van der Waals surface area contributed by atoms with Crippen LogP contribution in [-0.2, 0) is 14.3 Å². The summed E-state index contributed by atoms with van der Waals surface area (Å²) in [5.41, 5.74) is 0.426. The molecule has 0 aromatic heterocycles. The van der Waals surface area contributed by atoms with Gasteiger partial charge in [0.15, 0.2) is 0 Å². The summed E-state index contributed by atoms with van der Waals surface area (Å²) in [5.74, 6) is -0.858. The van der Waals surface area contributed by atoms with Crippen LogP contribution in [0.25, 0.3) is 0 Å². The Bertz CT molecular complexity index is 572. The first kappa shape index (κ1) is 20.0. The van der Waals surface area contributed by atoms with Crippen LogP contribution >= 0.6 is 11.6 Å². The van der Waals surface area contributed by atoms with Gasteiger partial charge in [-0.3, -0.25) is 14.4 Å². The van der Waals surface area contributed by atoms with Gasteiger partial charge in [0, 0.05) is 17.1 Å². The fraction of sp³-hybridized carbons (Fsp3) is 0.471.